The normalized spacial score (nSPS) is 10.7. The van der Waals surface area contributed by atoms with Crippen LogP contribution in [0, 0.1) is 6.92 Å². The van der Waals surface area contributed by atoms with Crippen molar-refractivity contribution in [2.24, 2.45) is 0 Å². The summed E-state index contributed by atoms with van der Waals surface area (Å²) in [5.74, 6) is 0. The zero-order valence-corrected chi connectivity index (χ0v) is 14.6. The Kier molecular flexibility index (Phi) is 5.83. The van der Waals surface area contributed by atoms with E-state index in [0.717, 1.165) is 24.1 Å². The molecular formula is C18H23BrN2. The molecule has 2 aromatic rings. The quantitative estimate of drug-likeness (QED) is 0.789. The highest BCUT2D eigenvalue weighted by molar-refractivity contribution is 9.10. The molecule has 0 heterocycles. The van der Waals surface area contributed by atoms with E-state index in [1.165, 1.54) is 22.5 Å². The van der Waals surface area contributed by atoms with Gasteiger partial charge in [-0.1, -0.05) is 25.1 Å². The van der Waals surface area contributed by atoms with E-state index >= 15 is 0 Å². The Morgan fingerprint density at radius 3 is 2.52 bits per heavy atom. The molecule has 21 heavy (non-hydrogen) atoms. The molecule has 112 valence electrons. The minimum absolute atomic E-state index is 0.909. The molecule has 0 amide bonds. The zero-order valence-electron chi connectivity index (χ0n) is 13.0. The average molecular weight is 347 g/mol. The van der Waals surface area contributed by atoms with Gasteiger partial charge in [-0.25, -0.2) is 0 Å². The molecular weight excluding hydrogens is 324 g/mol. The number of hydrogen-bond acceptors (Lipinski definition) is 2. The van der Waals surface area contributed by atoms with Crippen molar-refractivity contribution in [2.45, 2.75) is 27.3 Å². The molecule has 0 saturated heterocycles. The molecule has 0 aromatic heterocycles. The van der Waals surface area contributed by atoms with Gasteiger partial charge in [0.1, 0.15) is 0 Å². The molecule has 0 fully saturated rings. The summed E-state index contributed by atoms with van der Waals surface area (Å²) in [5, 5.41) is 3.36. The van der Waals surface area contributed by atoms with E-state index in [-0.39, 0.29) is 0 Å². The largest absolute Gasteiger partial charge is 0.341 e. The highest BCUT2D eigenvalue weighted by atomic mass is 79.9. The number of nitrogens with zero attached hydrogens (tertiary/aromatic N) is 1. The summed E-state index contributed by atoms with van der Waals surface area (Å²) in [7, 11) is 0. The van der Waals surface area contributed by atoms with Crippen LogP contribution >= 0.6 is 15.9 Å². The molecule has 0 saturated carbocycles. The van der Waals surface area contributed by atoms with Gasteiger partial charge in [-0.05, 0) is 71.7 Å². The van der Waals surface area contributed by atoms with Gasteiger partial charge in [0.05, 0.1) is 5.69 Å². The summed E-state index contributed by atoms with van der Waals surface area (Å²) < 4.78 is 1.14. The smallest absolute Gasteiger partial charge is 0.0555 e. The minimum atomic E-state index is 0.909. The van der Waals surface area contributed by atoms with E-state index in [2.05, 4.69) is 89.4 Å². The van der Waals surface area contributed by atoms with Crippen LogP contribution in [0.15, 0.2) is 46.9 Å². The van der Waals surface area contributed by atoms with E-state index in [0.29, 0.717) is 0 Å². The fourth-order valence-electron chi connectivity index (χ4n) is 2.44. The van der Waals surface area contributed by atoms with Crippen molar-refractivity contribution in [2.75, 3.05) is 18.0 Å². The molecule has 0 radical (unpaired) electrons. The van der Waals surface area contributed by atoms with E-state index in [9.17, 15) is 0 Å². The Balaban J connectivity index is 2.30. The Labute approximate surface area is 136 Å². The number of rotatable bonds is 6. The van der Waals surface area contributed by atoms with Crippen LogP contribution < -0.4 is 10.2 Å². The van der Waals surface area contributed by atoms with Gasteiger partial charge in [0.25, 0.3) is 0 Å². The summed E-state index contributed by atoms with van der Waals surface area (Å²) >= 11 is 3.73. The van der Waals surface area contributed by atoms with Crippen molar-refractivity contribution in [1.82, 2.24) is 5.32 Å². The molecule has 0 aliphatic carbocycles. The summed E-state index contributed by atoms with van der Waals surface area (Å²) in [6, 6.07) is 15.2. The standard InChI is InChI=1S/C18H23BrN2/c1-4-20-13-15-9-10-18(17(19)12-15)21(5-2)16-8-6-7-14(3)11-16/h6-12,20H,4-5,13H2,1-3H3. The lowest BCUT2D eigenvalue weighted by atomic mass is 10.1. The lowest BCUT2D eigenvalue weighted by Gasteiger charge is -2.25. The van der Waals surface area contributed by atoms with Crippen LogP contribution in [0.3, 0.4) is 0 Å². The van der Waals surface area contributed by atoms with Crippen LogP contribution in [-0.2, 0) is 6.54 Å². The van der Waals surface area contributed by atoms with Crippen molar-refractivity contribution in [3.05, 3.63) is 58.1 Å². The van der Waals surface area contributed by atoms with Gasteiger partial charge in [0.15, 0.2) is 0 Å². The van der Waals surface area contributed by atoms with Gasteiger partial charge >= 0.3 is 0 Å². The second-order valence-electron chi connectivity index (χ2n) is 5.15. The summed E-state index contributed by atoms with van der Waals surface area (Å²) in [4.78, 5) is 2.33. The van der Waals surface area contributed by atoms with Crippen LogP contribution in [0.4, 0.5) is 11.4 Å². The first-order valence-corrected chi connectivity index (χ1v) is 8.28. The first-order chi connectivity index (χ1) is 10.2. The third-order valence-electron chi connectivity index (χ3n) is 3.51. The zero-order chi connectivity index (χ0) is 15.2. The predicted molar refractivity (Wildman–Crippen MR) is 95.4 cm³/mol. The number of nitrogens with one attached hydrogen (secondary N) is 1. The molecule has 2 aromatic carbocycles. The SMILES string of the molecule is CCNCc1ccc(N(CC)c2cccc(C)c2)c(Br)c1. The number of benzene rings is 2. The van der Waals surface area contributed by atoms with Crippen LogP contribution in [0.5, 0.6) is 0 Å². The second kappa shape index (κ2) is 7.62. The summed E-state index contributed by atoms with van der Waals surface area (Å²) in [6.45, 7) is 9.28. The monoisotopic (exact) mass is 346 g/mol. The van der Waals surface area contributed by atoms with Crippen molar-refractivity contribution >= 4 is 27.3 Å². The lowest BCUT2D eigenvalue weighted by Crippen LogP contribution is -2.17. The van der Waals surface area contributed by atoms with Crippen molar-refractivity contribution in [1.29, 1.82) is 0 Å². The van der Waals surface area contributed by atoms with Crippen molar-refractivity contribution in [3.63, 3.8) is 0 Å². The highest BCUT2D eigenvalue weighted by Gasteiger charge is 2.11. The van der Waals surface area contributed by atoms with Crippen LogP contribution in [0.2, 0.25) is 0 Å². The van der Waals surface area contributed by atoms with E-state index in [1.54, 1.807) is 0 Å². The molecule has 2 rings (SSSR count). The fourth-order valence-corrected chi connectivity index (χ4v) is 3.08. The maximum absolute atomic E-state index is 3.73. The van der Waals surface area contributed by atoms with E-state index in [1.807, 2.05) is 0 Å². The third-order valence-corrected chi connectivity index (χ3v) is 4.15. The second-order valence-corrected chi connectivity index (χ2v) is 6.00. The Bertz CT molecular complexity index is 596. The topological polar surface area (TPSA) is 15.3 Å². The molecule has 0 atom stereocenters. The molecule has 0 bridgehead atoms. The molecule has 0 spiro atoms. The van der Waals surface area contributed by atoms with Gasteiger partial charge in [0.2, 0.25) is 0 Å². The maximum atomic E-state index is 3.73. The summed E-state index contributed by atoms with van der Waals surface area (Å²) in [5.41, 5.74) is 5.03. The van der Waals surface area contributed by atoms with Gasteiger partial charge in [0, 0.05) is 23.2 Å². The van der Waals surface area contributed by atoms with Gasteiger partial charge in [-0.15, -0.1) is 0 Å². The van der Waals surface area contributed by atoms with Crippen LogP contribution in [0.1, 0.15) is 25.0 Å². The molecule has 0 aliphatic rings. The van der Waals surface area contributed by atoms with Crippen LogP contribution in [-0.4, -0.2) is 13.1 Å². The molecule has 0 aliphatic heterocycles. The molecule has 0 unspecified atom stereocenters. The number of hydrogen-bond donors (Lipinski definition) is 1. The lowest BCUT2D eigenvalue weighted by molar-refractivity contribution is 0.726. The van der Waals surface area contributed by atoms with Crippen LogP contribution in [0.25, 0.3) is 0 Å². The number of aryl methyl sites for hydroxylation is 1. The van der Waals surface area contributed by atoms with Gasteiger partial charge < -0.3 is 10.2 Å². The van der Waals surface area contributed by atoms with Crippen molar-refractivity contribution in [3.8, 4) is 0 Å². The fraction of sp³-hybridized carbons (Fsp3) is 0.333. The van der Waals surface area contributed by atoms with E-state index < -0.39 is 0 Å². The molecule has 3 heteroatoms. The molecule has 1 N–H and O–H groups in total. The number of anilines is 2. The minimum Gasteiger partial charge on any atom is -0.341 e. The van der Waals surface area contributed by atoms with E-state index in [4.69, 9.17) is 0 Å². The summed E-state index contributed by atoms with van der Waals surface area (Å²) in [6.07, 6.45) is 0. The predicted octanol–water partition coefficient (Wildman–Crippen LogP) is 5.03. The Morgan fingerprint density at radius 2 is 1.90 bits per heavy atom. The van der Waals surface area contributed by atoms with Gasteiger partial charge in [-0.2, -0.15) is 0 Å². The third kappa shape index (κ3) is 4.08. The molecule has 2 nitrogen and oxygen atoms in total. The van der Waals surface area contributed by atoms with Gasteiger partial charge in [-0.3, -0.25) is 0 Å². The maximum Gasteiger partial charge on any atom is 0.0555 e. The average Bonchev–Trinajstić information content (AvgIpc) is 2.48. The Morgan fingerprint density at radius 1 is 1.10 bits per heavy atom. The Hall–Kier alpha value is -1.32. The first kappa shape index (κ1) is 16.1. The first-order valence-electron chi connectivity index (χ1n) is 7.49. The van der Waals surface area contributed by atoms with Crippen molar-refractivity contribution < 1.29 is 0 Å². The highest BCUT2D eigenvalue weighted by Crippen LogP contribution is 2.33. The number of halogens is 1.